The molecular formula is C10H10ClIO3S. The molecule has 0 radical (unpaired) electrons. The van der Waals surface area contributed by atoms with E-state index in [-0.39, 0.29) is 5.75 Å². The molecule has 6 heteroatoms. The lowest BCUT2D eigenvalue weighted by Gasteiger charge is -2.08. The summed E-state index contributed by atoms with van der Waals surface area (Å²) in [6.07, 6.45) is 0. The first-order valence-electron chi connectivity index (χ1n) is 4.54. The zero-order chi connectivity index (χ0) is 12.3. The first kappa shape index (κ1) is 13.9. The summed E-state index contributed by atoms with van der Waals surface area (Å²) in [7, 11) is -3.35. The number of hydrogen-bond donors (Lipinski definition) is 0. The molecule has 88 valence electrons. The summed E-state index contributed by atoms with van der Waals surface area (Å²) in [4.78, 5) is 11.8. The number of ketones is 1. The largest absolute Gasteiger partial charge is 0.292 e. The molecule has 0 aliphatic carbocycles. The minimum absolute atomic E-state index is 0.0417. The van der Waals surface area contributed by atoms with Crippen LogP contribution in [0.2, 0.25) is 5.02 Å². The smallest absolute Gasteiger partial charge is 0.190 e. The van der Waals surface area contributed by atoms with Gasteiger partial charge in [-0.05, 0) is 24.3 Å². The second kappa shape index (κ2) is 5.46. The molecule has 0 N–H and O–H groups in total. The van der Waals surface area contributed by atoms with Gasteiger partial charge in [-0.15, -0.1) is 0 Å². The SMILES string of the molecule is CCS(=O)(=O)[C@@H](I)C(=O)c1ccc(Cl)cc1. The lowest BCUT2D eigenvalue weighted by Crippen LogP contribution is -2.25. The maximum Gasteiger partial charge on any atom is 0.190 e. The molecular weight excluding hydrogens is 363 g/mol. The summed E-state index contributed by atoms with van der Waals surface area (Å²) in [5.74, 6) is -0.445. The third-order valence-corrected chi connectivity index (χ3v) is 6.84. The van der Waals surface area contributed by atoms with E-state index in [9.17, 15) is 13.2 Å². The van der Waals surface area contributed by atoms with Crippen molar-refractivity contribution in [3.63, 3.8) is 0 Å². The van der Waals surface area contributed by atoms with Crippen molar-refractivity contribution in [2.45, 2.75) is 10.2 Å². The fourth-order valence-corrected chi connectivity index (χ4v) is 3.37. The molecule has 1 atom stereocenters. The van der Waals surface area contributed by atoms with Crippen molar-refractivity contribution in [3.8, 4) is 0 Å². The lowest BCUT2D eigenvalue weighted by atomic mass is 10.1. The number of rotatable bonds is 4. The highest BCUT2D eigenvalue weighted by atomic mass is 127. The Morgan fingerprint density at radius 3 is 2.31 bits per heavy atom. The predicted molar refractivity (Wildman–Crippen MR) is 73.1 cm³/mol. The quantitative estimate of drug-likeness (QED) is 0.464. The van der Waals surface area contributed by atoms with Crippen LogP contribution in [0.3, 0.4) is 0 Å². The van der Waals surface area contributed by atoms with Gasteiger partial charge in [-0.1, -0.05) is 41.1 Å². The van der Waals surface area contributed by atoms with E-state index in [4.69, 9.17) is 11.6 Å². The van der Waals surface area contributed by atoms with Gasteiger partial charge in [-0.3, -0.25) is 4.79 Å². The highest BCUT2D eigenvalue weighted by molar-refractivity contribution is 14.1. The molecule has 0 aromatic heterocycles. The van der Waals surface area contributed by atoms with Crippen LogP contribution in [0.15, 0.2) is 24.3 Å². The van der Waals surface area contributed by atoms with Gasteiger partial charge in [0, 0.05) is 16.3 Å². The van der Waals surface area contributed by atoms with Crippen molar-refractivity contribution in [2.75, 3.05) is 5.75 Å². The van der Waals surface area contributed by atoms with Crippen molar-refractivity contribution in [2.24, 2.45) is 0 Å². The van der Waals surface area contributed by atoms with Crippen LogP contribution in [-0.4, -0.2) is 23.2 Å². The Kier molecular flexibility index (Phi) is 4.75. The Morgan fingerprint density at radius 1 is 1.38 bits per heavy atom. The predicted octanol–water partition coefficient (Wildman–Crippen LogP) is 2.72. The molecule has 16 heavy (non-hydrogen) atoms. The van der Waals surface area contributed by atoms with Gasteiger partial charge in [0.2, 0.25) is 0 Å². The van der Waals surface area contributed by atoms with E-state index in [0.717, 1.165) is 0 Å². The molecule has 0 bridgehead atoms. The first-order chi connectivity index (χ1) is 7.38. The fourth-order valence-electron chi connectivity index (χ4n) is 1.05. The zero-order valence-electron chi connectivity index (χ0n) is 8.48. The highest BCUT2D eigenvalue weighted by Gasteiger charge is 2.28. The molecule has 0 unspecified atom stereocenters. The number of carbonyl (C=O) groups is 1. The van der Waals surface area contributed by atoms with Crippen molar-refractivity contribution in [1.82, 2.24) is 0 Å². The van der Waals surface area contributed by atoms with E-state index in [1.54, 1.807) is 34.7 Å². The van der Waals surface area contributed by atoms with Crippen LogP contribution >= 0.6 is 34.2 Å². The number of benzene rings is 1. The van der Waals surface area contributed by atoms with Crippen LogP contribution in [-0.2, 0) is 9.84 Å². The minimum Gasteiger partial charge on any atom is -0.292 e. The van der Waals surface area contributed by atoms with Gasteiger partial charge < -0.3 is 0 Å². The number of halogens is 2. The Labute approximate surface area is 113 Å². The Hall–Kier alpha value is -0.140. The van der Waals surface area contributed by atoms with Crippen molar-refractivity contribution in [3.05, 3.63) is 34.9 Å². The van der Waals surface area contributed by atoms with Gasteiger partial charge in [-0.2, -0.15) is 0 Å². The van der Waals surface area contributed by atoms with E-state index in [1.807, 2.05) is 0 Å². The molecule has 0 saturated heterocycles. The standard InChI is InChI=1S/C10H10ClIO3S/c1-2-16(14,15)10(12)9(13)7-3-5-8(11)6-4-7/h3-6,10H,2H2,1H3/t10-/m1/s1. The minimum atomic E-state index is -3.35. The van der Waals surface area contributed by atoms with Gasteiger partial charge in [-0.25, -0.2) is 8.42 Å². The fraction of sp³-hybridized carbons (Fsp3) is 0.300. The monoisotopic (exact) mass is 372 g/mol. The number of hydrogen-bond acceptors (Lipinski definition) is 3. The number of alkyl halides is 1. The number of Topliss-reactive ketones (excluding diaryl/α,β-unsaturated/α-hetero) is 1. The molecule has 1 aromatic rings. The lowest BCUT2D eigenvalue weighted by molar-refractivity contribution is 0.101. The Balaban J connectivity index is 2.99. The molecule has 0 heterocycles. The summed E-state index contributed by atoms with van der Waals surface area (Å²) in [6, 6.07) is 6.19. The van der Waals surface area contributed by atoms with E-state index in [1.165, 1.54) is 19.1 Å². The van der Waals surface area contributed by atoms with Crippen LogP contribution in [0.25, 0.3) is 0 Å². The van der Waals surface area contributed by atoms with Gasteiger partial charge in [0.15, 0.2) is 18.9 Å². The average molecular weight is 373 g/mol. The van der Waals surface area contributed by atoms with E-state index in [0.29, 0.717) is 10.6 Å². The maximum atomic E-state index is 11.8. The molecule has 0 aliphatic rings. The van der Waals surface area contributed by atoms with E-state index >= 15 is 0 Å². The van der Waals surface area contributed by atoms with Gasteiger partial charge in [0.05, 0.1) is 0 Å². The van der Waals surface area contributed by atoms with Crippen molar-refractivity contribution < 1.29 is 13.2 Å². The third kappa shape index (κ3) is 3.18. The Morgan fingerprint density at radius 2 is 1.88 bits per heavy atom. The van der Waals surface area contributed by atoms with Crippen molar-refractivity contribution in [1.29, 1.82) is 0 Å². The second-order valence-electron chi connectivity index (χ2n) is 3.14. The normalized spacial score (nSPS) is 13.4. The first-order valence-corrected chi connectivity index (χ1v) is 7.88. The summed E-state index contributed by atoms with van der Waals surface area (Å²) in [6.45, 7) is 1.52. The maximum absolute atomic E-state index is 11.8. The summed E-state index contributed by atoms with van der Waals surface area (Å²) < 4.78 is 22.0. The van der Waals surface area contributed by atoms with Crippen LogP contribution < -0.4 is 0 Å². The summed E-state index contributed by atoms with van der Waals surface area (Å²) in [5.41, 5.74) is 0.362. The molecule has 1 rings (SSSR count). The second-order valence-corrected chi connectivity index (χ2v) is 8.04. The van der Waals surface area contributed by atoms with Gasteiger partial charge in [0.25, 0.3) is 0 Å². The van der Waals surface area contributed by atoms with E-state index < -0.39 is 18.9 Å². The van der Waals surface area contributed by atoms with Crippen LogP contribution in [0.4, 0.5) is 0 Å². The van der Waals surface area contributed by atoms with Gasteiger partial charge in [0.1, 0.15) is 0 Å². The Bertz CT molecular complexity index is 481. The average Bonchev–Trinajstić information content (AvgIpc) is 2.28. The molecule has 0 aliphatic heterocycles. The number of carbonyl (C=O) groups excluding carboxylic acids is 1. The molecule has 3 nitrogen and oxygen atoms in total. The highest BCUT2D eigenvalue weighted by Crippen LogP contribution is 2.19. The van der Waals surface area contributed by atoms with Gasteiger partial charge >= 0.3 is 0 Å². The zero-order valence-corrected chi connectivity index (χ0v) is 12.2. The molecule has 0 spiro atoms. The summed E-state index contributed by atoms with van der Waals surface area (Å²) in [5, 5.41) is 0.514. The molecule has 1 aromatic carbocycles. The van der Waals surface area contributed by atoms with Crippen LogP contribution in [0, 0.1) is 0 Å². The topological polar surface area (TPSA) is 51.2 Å². The molecule has 0 saturated carbocycles. The summed E-state index contributed by atoms with van der Waals surface area (Å²) >= 11 is 7.33. The van der Waals surface area contributed by atoms with Crippen molar-refractivity contribution >= 4 is 49.8 Å². The van der Waals surface area contributed by atoms with Crippen LogP contribution in [0.5, 0.6) is 0 Å². The van der Waals surface area contributed by atoms with E-state index in [2.05, 4.69) is 0 Å². The third-order valence-electron chi connectivity index (χ3n) is 2.05. The molecule has 0 amide bonds. The van der Waals surface area contributed by atoms with Crippen LogP contribution in [0.1, 0.15) is 17.3 Å². The number of sulfone groups is 1. The molecule has 0 fully saturated rings.